The predicted octanol–water partition coefficient (Wildman–Crippen LogP) is 1.56. The molecular weight excluding hydrogens is 192 g/mol. The van der Waals surface area contributed by atoms with Gasteiger partial charge in [0.1, 0.15) is 5.54 Å². The number of nitrogens with one attached hydrogen (secondary N) is 2. The van der Waals surface area contributed by atoms with E-state index in [9.17, 15) is 9.59 Å². The Balaban J connectivity index is -0.000000980. The number of hydrogen-bond donors (Lipinski definition) is 2. The summed E-state index contributed by atoms with van der Waals surface area (Å²) in [6.45, 7) is 9.33. The van der Waals surface area contributed by atoms with Gasteiger partial charge in [0, 0.05) is 16.3 Å². The van der Waals surface area contributed by atoms with Crippen molar-refractivity contribution in [2.24, 2.45) is 5.41 Å². The van der Waals surface area contributed by atoms with Crippen molar-refractivity contribution in [3.63, 3.8) is 0 Å². The van der Waals surface area contributed by atoms with Crippen molar-refractivity contribution in [2.75, 3.05) is 7.05 Å². The minimum atomic E-state index is -0.850. The summed E-state index contributed by atoms with van der Waals surface area (Å²) in [7, 11) is 1.56. The van der Waals surface area contributed by atoms with Gasteiger partial charge < -0.3 is 10.6 Å². The second kappa shape index (κ2) is 4.64. The SMILES string of the molecule is CNC(=O)C(C)(C)NC(=O)CC(C)(C)C.[HH].[HH]. The minimum absolute atomic E-state index is 0. The van der Waals surface area contributed by atoms with E-state index in [-0.39, 0.29) is 20.1 Å². The van der Waals surface area contributed by atoms with Crippen molar-refractivity contribution in [1.29, 1.82) is 0 Å². The van der Waals surface area contributed by atoms with Gasteiger partial charge in [-0.25, -0.2) is 0 Å². The first kappa shape index (κ1) is 13.9. The van der Waals surface area contributed by atoms with E-state index in [4.69, 9.17) is 0 Å². The Morgan fingerprint density at radius 2 is 1.60 bits per heavy atom. The summed E-state index contributed by atoms with van der Waals surface area (Å²) in [5.41, 5.74) is -0.917. The fourth-order valence-corrected chi connectivity index (χ4v) is 1.24. The second-order valence-electron chi connectivity index (χ2n) is 5.49. The Hall–Kier alpha value is -1.06. The zero-order valence-corrected chi connectivity index (χ0v) is 10.5. The van der Waals surface area contributed by atoms with Crippen molar-refractivity contribution < 1.29 is 12.4 Å². The molecule has 0 bridgehead atoms. The van der Waals surface area contributed by atoms with Crippen LogP contribution in [-0.2, 0) is 9.59 Å². The Morgan fingerprint density at radius 3 is 1.93 bits per heavy atom. The predicted molar refractivity (Wildman–Crippen MR) is 64.6 cm³/mol. The molecule has 0 aromatic carbocycles. The van der Waals surface area contributed by atoms with Gasteiger partial charge in [-0.2, -0.15) is 0 Å². The van der Waals surface area contributed by atoms with E-state index in [2.05, 4.69) is 10.6 Å². The summed E-state index contributed by atoms with van der Waals surface area (Å²) in [6.07, 6.45) is 0.410. The Morgan fingerprint density at radius 1 is 1.13 bits per heavy atom. The molecule has 4 heteroatoms. The van der Waals surface area contributed by atoms with Crippen molar-refractivity contribution in [3.8, 4) is 0 Å². The average Bonchev–Trinajstić information content (AvgIpc) is 1.97. The summed E-state index contributed by atoms with van der Waals surface area (Å²) in [4.78, 5) is 23.0. The molecule has 2 N–H and O–H groups in total. The standard InChI is InChI=1S/C11H22N2O2.2H2/c1-10(2,3)7-8(14)13-11(4,5)9(15)12-6;;/h7H2,1-6H3,(H,12,15)(H,13,14);2*1H. The van der Waals surface area contributed by atoms with Crippen LogP contribution >= 0.6 is 0 Å². The first-order chi connectivity index (χ1) is 6.58. The normalized spacial score (nSPS) is 12.1. The number of rotatable bonds is 3. The van der Waals surface area contributed by atoms with Crippen LogP contribution in [0.25, 0.3) is 0 Å². The van der Waals surface area contributed by atoms with Crippen LogP contribution in [0.2, 0.25) is 0 Å². The zero-order chi connectivity index (χ0) is 12.3. The van der Waals surface area contributed by atoms with E-state index in [0.29, 0.717) is 6.42 Å². The molecule has 0 aliphatic heterocycles. The second-order valence-corrected chi connectivity index (χ2v) is 5.49. The highest BCUT2D eigenvalue weighted by atomic mass is 16.2. The molecule has 0 saturated carbocycles. The van der Waals surface area contributed by atoms with E-state index in [0.717, 1.165) is 0 Å². The van der Waals surface area contributed by atoms with Gasteiger partial charge in [-0.15, -0.1) is 0 Å². The Bertz CT molecular complexity index is 261. The largest absolute Gasteiger partial charge is 0.357 e. The van der Waals surface area contributed by atoms with Crippen molar-refractivity contribution in [2.45, 2.75) is 46.6 Å². The molecule has 0 aromatic heterocycles. The van der Waals surface area contributed by atoms with E-state index < -0.39 is 5.54 Å². The molecule has 0 fully saturated rings. The summed E-state index contributed by atoms with van der Waals surface area (Å²) in [6, 6.07) is 0. The lowest BCUT2D eigenvalue weighted by Gasteiger charge is -2.26. The molecule has 0 spiro atoms. The van der Waals surface area contributed by atoms with E-state index in [1.807, 2.05) is 20.8 Å². The minimum Gasteiger partial charge on any atom is -0.357 e. The lowest BCUT2D eigenvalue weighted by molar-refractivity contribution is -0.132. The highest BCUT2D eigenvalue weighted by Crippen LogP contribution is 2.18. The van der Waals surface area contributed by atoms with Gasteiger partial charge in [-0.3, -0.25) is 9.59 Å². The van der Waals surface area contributed by atoms with Crippen LogP contribution < -0.4 is 10.6 Å². The number of amides is 2. The first-order valence-corrected chi connectivity index (χ1v) is 5.12. The Labute approximate surface area is 94.8 Å². The maximum absolute atomic E-state index is 11.6. The third kappa shape index (κ3) is 5.40. The van der Waals surface area contributed by atoms with Gasteiger partial charge >= 0.3 is 0 Å². The number of carbonyl (C=O) groups is 2. The molecule has 0 atom stereocenters. The smallest absolute Gasteiger partial charge is 0.244 e. The quantitative estimate of drug-likeness (QED) is 0.755. The molecule has 0 unspecified atom stereocenters. The van der Waals surface area contributed by atoms with Crippen LogP contribution in [0.1, 0.15) is 43.9 Å². The molecule has 0 rings (SSSR count). The maximum atomic E-state index is 11.6. The molecule has 2 amide bonds. The number of likely N-dealkylation sites (N-methyl/N-ethyl adjacent to an activating group) is 1. The topological polar surface area (TPSA) is 58.2 Å². The third-order valence-electron chi connectivity index (χ3n) is 1.94. The van der Waals surface area contributed by atoms with Gasteiger partial charge in [-0.05, 0) is 19.3 Å². The van der Waals surface area contributed by atoms with Crippen LogP contribution in [0.15, 0.2) is 0 Å². The summed E-state index contributed by atoms with van der Waals surface area (Å²) in [5.74, 6) is -0.291. The molecule has 0 aromatic rings. The molecular formula is C11H26N2O2. The molecule has 0 aliphatic rings. The van der Waals surface area contributed by atoms with Crippen LogP contribution in [0, 0.1) is 5.41 Å². The number of hydrogen-bond acceptors (Lipinski definition) is 2. The van der Waals surface area contributed by atoms with Gasteiger partial charge in [0.05, 0.1) is 0 Å². The fraction of sp³-hybridized carbons (Fsp3) is 0.818. The summed E-state index contributed by atoms with van der Waals surface area (Å²) in [5, 5.41) is 5.23. The Kier molecular flexibility index (Phi) is 4.31. The highest BCUT2D eigenvalue weighted by Gasteiger charge is 2.29. The molecule has 0 saturated heterocycles. The zero-order valence-electron chi connectivity index (χ0n) is 10.5. The van der Waals surface area contributed by atoms with Crippen LogP contribution in [-0.4, -0.2) is 24.4 Å². The monoisotopic (exact) mass is 218 g/mol. The van der Waals surface area contributed by atoms with Crippen molar-refractivity contribution in [3.05, 3.63) is 0 Å². The van der Waals surface area contributed by atoms with Crippen LogP contribution in [0.3, 0.4) is 0 Å². The van der Waals surface area contributed by atoms with Crippen molar-refractivity contribution in [1.82, 2.24) is 10.6 Å². The van der Waals surface area contributed by atoms with Crippen LogP contribution in [0.5, 0.6) is 0 Å². The average molecular weight is 218 g/mol. The van der Waals surface area contributed by atoms with Gasteiger partial charge in [0.15, 0.2) is 0 Å². The molecule has 0 aliphatic carbocycles. The maximum Gasteiger partial charge on any atom is 0.244 e. The van der Waals surface area contributed by atoms with E-state index in [1.165, 1.54) is 0 Å². The highest BCUT2D eigenvalue weighted by molar-refractivity contribution is 5.90. The van der Waals surface area contributed by atoms with E-state index in [1.54, 1.807) is 20.9 Å². The molecule has 0 heterocycles. The molecule has 92 valence electrons. The third-order valence-corrected chi connectivity index (χ3v) is 1.94. The van der Waals surface area contributed by atoms with Crippen LogP contribution in [0.4, 0.5) is 0 Å². The van der Waals surface area contributed by atoms with Gasteiger partial charge in [0.25, 0.3) is 0 Å². The summed E-state index contributed by atoms with van der Waals surface area (Å²) >= 11 is 0. The van der Waals surface area contributed by atoms with E-state index >= 15 is 0 Å². The van der Waals surface area contributed by atoms with Crippen molar-refractivity contribution >= 4 is 11.8 Å². The molecule has 0 radical (unpaired) electrons. The fourth-order valence-electron chi connectivity index (χ4n) is 1.24. The molecule has 15 heavy (non-hydrogen) atoms. The lowest BCUT2D eigenvalue weighted by atomic mass is 9.91. The lowest BCUT2D eigenvalue weighted by Crippen LogP contribution is -2.54. The van der Waals surface area contributed by atoms with Gasteiger partial charge in [0.2, 0.25) is 11.8 Å². The first-order valence-electron chi connectivity index (χ1n) is 5.12. The summed E-state index contributed by atoms with van der Waals surface area (Å²) < 4.78 is 0. The number of carbonyl (C=O) groups excluding carboxylic acids is 2. The van der Waals surface area contributed by atoms with Gasteiger partial charge in [-0.1, -0.05) is 20.8 Å². The molecule has 4 nitrogen and oxygen atoms in total.